The largest absolute Gasteiger partial charge is 0.434 e. The second-order valence-corrected chi connectivity index (χ2v) is 7.83. The molecule has 0 bridgehead atoms. The quantitative estimate of drug-likeness (QED) is 0.325. The van der Waals surface area contributed by atoms with Crippen molar-refractivity contribution in [3.63, 3.8) is 0 Å². The fraction of sp³-hybridized carbons (Fsp3) is 0.526. The van der Waals surface area contributed by atoms with Crippen LogP contribution in [0.4, 0.5) is 13.2 Å². The minimum absolute atomic E-state index is 0. The molecule has 0 unspecified atom stereocenters. The zero-order chi connectivity index (χ0) is 20.7. The number of alkyl halides is 3. The van der Waals surface area contributed by atoms with Crippen LogP contribution in [0, 0.1) is 0 Å². The smallest absolute Gasteiger partial charge is 0.356 e. The molecule has 1 saturated heterocycles. The average molecular weight is 554 g/mol. The van der Waals surface area contributed by atoms with Crippen LogP contribution < -0.4 is 10.6 Å². The maximum absolute atomic E-state index is 12.6. The number of likely N-dealkylation sites (tertiary alicyclic amines) is 1. The van der Waals surface area contributed by atoms with E-state index in [0.717, 1.165) is 54.9 Å². The molecule has 6 nitrogen and oxygen atoms in total. The van der Waals surface area contributed by atoms with Crippen molar-refractivity contribution in [1.29, 1.82) is 0 Å². The number of nitrogens with zero attached hydrogens (tertiary/aromatic N) is 4. The van der Waals surface area contributed by atoms with E-state index in [1.54, 1.807) is 7.05 Å². The predicted molar refractivity (Wildman–Crippen MR) is 123 cm³/mol. The third kappa shape index (κ3) is 7.65. The highest BCUT2D eigenvalue weighted by Crippen LogP contribution is 2.30. The SMILES string of the molecule is CN=C(NCCc1nc(C(F)(F)F)cs1)NC1CCN(Cc2ccccn2)CC1.I. The first kappa shape index (κ1) is 24.8. The van der Waals surface area contributed by atoms with Crippen LogP contribution in [0.1, 0.15) is 29.2 Å². The normalized spacial score (nSPS) is 16.2. The highest BCUT2D eigenvalue weighted by molar-refractivity contribution is 14.0. The lowest BCUT2D eigenvalue weighted by atomic mass is 10.0. The van der Waals surface area contributed by atoms with Crippen LogP contribution in [0.5, 0.6) is 0 Å². The molecule has 3 rings (SSSR count). The van der Waals surface area contributed by atoms with Gasteiger partial charge in [-0.1, -0.05) is 6.07 Å². The fourth-order valence-electron chi connectivity index (χ4n) is 3.19. The minimum atomic E-state index is -4.38. The summed E-state index contributed by atoms with van der Waals surface area (Å²) >= 11 is 1.03. The molecule has 2 aromatic heterocycles. The summed E-state index contributed by atoms with van der Waals surface area (Å²) in [6.07, 6.45) is -0.159. The number of guanidine groups is 1. The lowest BCUT2D eigenvalue weighted by Crippen LogP contribution is -2.48. The Kier molecular flexibility index (Phi) is 9.75. The Hall–Kier alpha value is -1.47. The molecule has 0 aliphatic carbocycles. The Labute approximate surface area is 195 Å². The molecule has 3 heterocycles. The molecule has 0 aromatic carbocycles. The molecule has 2 N–H and O–H groups in total. The van der Waals surface area contributed by atoms with Crippen molar-refractivity contribution in [3.05, 3.63) is 46.2 Å². The van der Waals surface area contributed by atoms with Crippen LogP contribution in [-0.4, -0.2) is 53.6 Å². The molecule has 1 fully saturated rings. The van der Waals surface area contributed by atoms with Gasteiger partial charge >= 0.3 is 6.18 Å². The molecular formula is C19H26F3IN6S. The summed E-state index contributed by atoms with van der Waals surface area (Å²) in [5.74, 6) is 0.667. The average Bonchev–Trinajstić information content (AvgIpc) is 3.19. The molecule has 1 aliphatic heterocycles. The third-order valence-electron chi connectivity index (χ3n) is 4.74. The lowest BCUT2D eigenvalue weighted by Gasteiger charge is -2.32. The molecule has 0 spiro atoms. The fourth-order valence-corrected chi connectivity index (χ4v) is 3.99. The Bertz CT molecular complexity index is 791. The zero-order valence-electron chi connectivity index (χ0n) is 16.7. The van der Waals surface area contributed by atoms with Gasteiger partial charge in [-0.15, -0.1) is 35.3 Å². The minimum Gasteiger partial charge on any atom is -0.356 e. The second kappa shape index (κ2) is 11.8. The predicted octanol–water partition coefficient (Wildman–Crippen LogP) is 3.55. The van der Waals surface area contributed by atoms with Crippen molar-refractivity contribution in [3.8, 4) is 0 Å². The van der Waals surface area contributed by atoms with Gasteiger partial charge in [-0.05, 0) is 25.0 Å². The monoisotopic (exact) mass is 554 g/mol. The lowest BCUT2D eigenvalue weighted by molar-refractivity contribution is -0.140. The molecule has 0 saturated carbocycles. The van der Waals surface area contributed by atoms with Crippen LogP contribution in [-0.2, 0) is 19.1 Å². The maximum atomic E-state index is 12.6. The molecule has 0 amide bonds. The van der Waals surface area contributed by atoms with E-state index in [-0.39, 0.29) is 24.0 Å². The van der Waals surface area contributed by atoms with Gasteiger partial charge in [0.25, 0.3) is 0 Å². The van der Waals surface area contributed by atoms with E-state index in [2.05, 4.69) is 30.5 Å². The molecule has 2 aromatic rings. The maximum Gasteiger partial charge on any atom is 0.434 e. The van der Waals surface area contributed by atoms with Crippen molar-refractivity contribution in [1.82, 2.24) is 25.5 Å². The Morgan fingerprint density at radius 3 is 2.67 bits per heavy atom. The van der Waals surface area contributed by atoms with Crippen molar-refractivity contribution < 1.29 is 13.2 Å². The summed E-state index contributed by atoms with van der Waals surface area (Å²) < 4.78 is 37.8. The number of nitrogens with one attached hydrogen (secondary N) is 2. The van der Waals surface area contributed by atoms with E-state index in [1.165, 1.54) is 0 Å². The molecule has 1 aliphatic rings. The number of hydrogen-bond acceptors (Lipinski definition) is 5. The summed E-state index contributed by atoms with van der Waals surface area (Å²) in [5.41, 5.74) is 0.254. The first-order valence-corrected chi connectivity index (χ1v) is 10.4. The topological polar surface area (TPSA) is 65.4 Å². The van der Waals surface area contributed by atoms with Gasteiger partial charge in [0, 0.05) is 57.3 Å². The Balaban J connectivity index is 0.00000320. The van der Waals surface area contributed by atoms with Gasteiger partial charge in [-0.3, -0.25) is 14.9 Å². The van der Waals surface area contributed by atoms with Crippen LogP contribution >= 0.6 is 35.3 Å². The van der Waals surface area contributed by atoms with E-state index in [0.29, 0.717) is 30.0 Å². The Morgan fingerprint density at radius 1 is 1.30 bits per heavy atom. The van der Waals surface area contributed by atoms with Crippen LogP contribution in [0.15, 0.2) is 34.8 Å². The van der Waals surface area contributed by atoms with E-state index in [9.17, 15) is 13.2 Å². The molecule has 166 valence electrons. The van der Waals surface area contributed by atoms with Crippen molar-refractivity contribution >= 4 is 41.3 Å². The summed E-state index contributed by atoms with van der Waals surface area (Å²) in [7, 11) is 1.69. The highest BCUT2D eigenvalue weighted by atomic mass is 127. The van der Waals surface area contributed by atoms with Gasteiger partial charge in [0.2, 0.25) is 0 Å². The number of hydrogen-bond donors (Lipinski definition) is 2. The summed E-state index contributed by atoms with van der Waals surface area (Å²) in [4.78, 5) is 14.6. The van der Waals surface area contributed by atoms with Crippen LogP contribution in [0.25, 0.3) is 0 Å². The number of rotatable bonds is 6. The summed E-state index contributed by atoms with van der Waals surface area (Å²) in [6.45, 7) is 3.28. The Morgan fingerprint density at radius 2 is 2.07 bits per heavy atom. The standard InChI is InChI=1S/C19H25F3N6S.HI/c1-23-18(25-9-5-17-27-16(13-29-17)19(20,21)22)26-14-6-10-28(11-7-14)12-15-4-2-3-8-24-15;/h2-4,8,13-14H,5-7,9-12H2,1H3,(H2,23,25,26);1H. The van der Waals surface area contributed by atoms with Gasteiger partial charge in [0.1, 0.15) is 0 Å². The molecule has 11 heteroatoms. The first-order valence-electron chi connectivity index (χ1n) is 9.55. The second-order valence-electron chi connectivity index (χ2n) is 6.89. The molecule has 30 heavy (non-hydrogen) atoms. The first-order chi connectivity index (χ1) is 13.9. The van der Waals surface area contributed by atoms with Crippen molar-refractivity contribution in [2.75, 3.05) is 26.7 Å². The van der Waals surface area contributed by atoms with Crippen LogP contribution in [0.3, 0.4) is 0 Å². The van der Waals surface area contributed by atoms with Gasteiger partial charge < -0.3 is 10.6 Å². The number of piperidine rings is 1. The van der Waals surface area contributed by atoms with Crippen LogP contribution in [0.2, 0.25) is 0 Å². The molecule has 0 radical (unpaired) electrons. The van der Waals surface area contributed by atoms with Gasteiger partial charge in [-0.25, -0.2) is 4.98 Å². The number of pyridine rings is 1. The van der Waals surface area contributed by atoms with Crippen molar-refractivity contribution in [2.45, 2.75) is 38.0 Å². The number of thiazole rings is 1. The number of aliphatic imine (C=N–C) groups is 1. The molecular weight excluding hydrogens is 528 g/mol. The van der Waals surface area contributed by atoms with Gasteiger partial charge in [0.05, 0.1) is 10.7 Å². The number of aromatic nitrogens is 2. The highest BCUT2D eigenvalue weighted by Gasteiger charge is 2.33. The molecule has 0 atom stereocenters. The third-order valence-corrected chi connectivity index (χ3v) is 5.65. The van der Waals surface area contributed by atoms with E-state index < -0.39 is 11.9 Å². The van der Waals surface area contributed by atoms with Gasteiger partial charge in [0.15, 0.2) is 11.7 Å². The zero-order valence-corrected chi connectivity index (χ0v) is 19.8. The number of halogens is 4. The summed E-state index contributed by atoms with van der Waals surface area (Å²) in [5, 5.41) is 8.09. The van der Waals surface area contributed by atoms with E-state index in [1.807, 2.05) is 24.4 Å². The van der Waals surface area contributed by atoms with E-state index >= 15 is 0 Å². The summed E-state index contributed by atoms with van der Waals surface area (Å²) in [6, 6.07) is 6.28. The van der Waals surface area contributed by atoms with Gasteiger partial charge in [-0.2, -0.15) is 13.2 Å². The van der Waals surface area contributed by atoms with Crippen molar-refractivity contribution in [2.24, 2.45) is 4.99 Å². The van der Waals surface area contributed by atoms with E-state index in [4.69, 9.17) is 0 Å².